The maximum absolute atomic E-state index is 11.4. The Bertz CT molecular complexity index is 290. The van der Waals surface area contributed by atoms with Crippen LogP contribution in [0.1, 0.15) is 24.9 Å². The van der Waals surface area contributed by atoms with Gasteiger partial charge >= 0.3 is 5.97 Å². The Labute approximate surface area is 96.0 Å². The van der Waals surface area contributed by atoms with Gasteiger partial charge in [0.25, 0.3) is 0 Å². The number of carbonyl (C=O) groups is 1. The smallest absolute Gasteiger partial charge is 0.369 e. The third kappa shape index (κ3) is 4.32. The molecule has 3 nitrogen and oxygen atoms in total. The number of halogens is 1. The van der Waals surface area contributed by atoms with Crippen LogP contribution in [0.15, 0.2) is 30.3 Å². The number of hydrogen-bond acceptors (Lipinski definition) is 2. The molecule has 0 radical (unpaired) electrons. The zero-order chi connectivity index (χ0) is 10.4. The van der Waals surface area contributed by atoms with E-state index in [0.29, 0.717) is 6.61 Å². The number of esters is 1. The standard InChI is InChI=1S/C11H15NO2.ClH/c1-2-8-14-11(13)10(12)9-6-4-3-5-7-9;/h3-7,10H,2,8,12H2,1H3;1H. The molecule has 1 unspecified atom stereocenters. The molecule has 0 bridgehead atoms. The first kappa shape index (κ1) is 13.9. The van der Waals surface area contributed by atoms with Crippen molar-refractivity contribution in [2.75, 3.05) is 6.61 Å². The molecule has 0 aliphatic heterocycles. The third-order valence-corrected chi connectivity index (χ3v) is 1.93. The Hall–Kier alpha value is -1.06. The first-order valence-electron chi connectivity index (χ1n) is 4.80. The average Bonchev–Trinajstić information content (AvgIpc) is 2.26. The van der Waals surface area contributed by atoms with Gasteiger partial charge in [0, 0.05) is 5.56 Å². The summed E-state index contributed by atoms with van der Waals surface area (Å²) in [4.78, 5) is 11.4. The molecule has 0 aliphatic carbocycles. The Balaban J connectivity index is 0.00000196. The van der Waals surface area contributed by atoms with Gasteiger partial charge in [-0.15, -0.1) is 0 Å². The molecular formula is C11H16ClNO2. The van der Waals surface area contributed by atoms with Crippen molar-refractivity contribution < 1.29 is 27.7 Å². The van der Waals surface area contributed by atoms with E-state index < -0.39 is 6.04 Å². The fourth-order valence-corrected chi connectivity index (χ4v) is 1.12. The fourth-order valence-electron chi connectivity index (χ4n) is 1.12. The molecule has 4 heteroatoms. The van der Waals surface area contributed by atoms with Gasteiger partial charge in [-0.1, -0.05) is 37.3 Å². The molecule has 84 valence electrons. The van der Waals surface area contributed by atoms with Gasteiger partial charge in [-0.05, 0) is 6.42 Å². The molecule has 0 amide bonds. The summed E-state index contributed by atoms with van der Waals surface area (Å²) < 4.78 is 5.01. The van der Waals surface area contributed by atoms with E-state index >= 15 is 0 Å². The summed E-state index contributed by atoms with van der Waals surface area (Å²) in [7, 11) is 0. The van der Waals surface area contributed by atoms with E-state index in [0.717, 1.165) is 12.0 Å². The largest absolute Gasteiger partial charge is 1.00 e. The predicted octanol–water partition coefficient (Wildman–Crippen LogP) is -2.07. The lowest BCUT2D eigenvalue weighted by Gasteiger charge is -2.07. The van der Waals surface area contributed by atoms with Crippen molar-refractivity contribution in [3.63, 3.8) is 0 Å². The molecule has 1 rings (SSSR count). The second kappa shape index (κ2) is 7.26. The van der Waals surface area contributed by atoms with Crippen molar-refractivity contribution in [3.05, 3.63) is 35.9 Å². The first-order chi connectivity index (χ1) is 6.75. The van der Waals surface area contributed by atoms with Gasteiger partial charge in [-0.2, -0.15) is 0 Å². The fraction of sp³-hybridized carbons (Fsp3) is 0.364. The Morgan fingerprint density at radius 2 is 2.00 bits per heavy atom. The van der Waals surface area contributed by atoms with Crippen molar-refractivity contribution in [2.24, 2.45) is 0 Å². The highest BCUT2D eigenvalue weighted by Gasteiger charge is 2.20. The SMILES string of the molecule is CCCOC(=O)C([NH3+])c1ccccc1.[Cl-]. The Morgan fingerprint density at radius 1 is 1.40 bits per heavy atom. The predicted molar refractivity (Wildman–Crippen MR) is 53.3 cm³/mol. The third-order valence-electron chi connectivity index (χ3n) is 1.93. The van der Waals surface area contributed by atoms with Gasteiger partial charge in [-0.25, -0.2) is 4.79 Å². The van der Waals surface area contributed by atoms with Crippen molar-refractivity contribution in [1.82, 2.24) is 0 Å². The summed E-state index contributed by atoms with van der Waals surface area (Å²) in [6.45, 7) is 2.44. The van der Waals surface area contributed by atoms with Crippen molar-refractivity contribution in [1.29, 1.82) is 0 Å². The molecule has 0 saturated carbocycles. The maximum Gasteiger partial charge on any atom is 0.369 e. The normalized spacial score (nSPS) is 11.3. The van der Waals surface area contributed by atoms with Gasteiger partial charge < -0.3 is 22.9 Å². The second-order valence-electron chi connectivity index (χ2n) is 3.13. The lowest BCUT2D eigenvalue weighted by atomic mass is 10.1. The second-order valence-corrected chi connectivity index (χ2v) is 3.13. The minimum absolute atomic E-state index is 0. The number of hydrogen-bond donors (Lipinski definition) is 1. The highest BCUT2D eigenvalue weighted by molar-refractivity contribution is 5.75. The quantitative estimate of drug-likeness (QED) is 0.603. The summed E-state index contributed by atoms with van der Waals surface area (Å²) in [5.41, 5.74) is 4.68. The van der Waals surface area contributed by atoms with Gasteiger partial charge in [0.1, 0.15) is 0 Å². The molecule has 0 aromatic heterocycles. The van der Waals surface area contributed by atoms with E-state index in [1.54, 1.807) is 0 Å². The maximum atomic E-state index is 11.4. The minimum atomic E-state index is -0.414. The van der Waals surface area contributed by atoms with E-state index in [2.05, 4.69) is 5.73 Å². The van der Waals surface area contributed by atoms with Crippen LogP contribution in [-0.2, 0) is 9.53 Å². The lowest BCUT2D eigenvalue weighted by Crippen LogP contribution is -3.00. The van der Waals surface area contributed by atoms with Crippen LogP contribution in [0.3, 0.4) is 0 Å². The van der Waals surface area contributed by atoms with Crippen LogP contribution in [0.2, 0.25) is 0 Å². The highest BCUT2D eigenvalue weighted by Crippen LogP contribution is 2.08. The Kier molecular flexibility index (Phi) is 6.75. The number of quaternary nitrogens is 1. The summed E-state index contributed by atoms with van der Waals surface area (Å²) in [6.07, 6.45) is 0.841. The van der Waals surface area contributed by atoms with Gasteiger partial charge in [-0.3, -0.25) is 0 Å². The molecule has 3 N–H and O–H groups in total. The van der Waals surface area contributed by atoms with Gasteiger partial charge in [0.15, 0.2) is 0 Å². The number of carbonyl (C=O) groups excluding carboxylic acids is 1. The van der Waals surface area contributed by atoms with Crippen molar-refractivity contribution >= 4 is 5.97 Å². The van der Waals surface area contributed by atoms with E-state index in [9.17, 15) is 4.79 Å². The van der Waals surface area contributed by atoms with E-state index in [4.69, 9.17) is 4.74 Å². The van der Waals surface area contributed by atoms with E-state index in [1.807, 2.05) is 37.3 Å². The number of rotatable bonds is 4. The average molecular weight is 230 g/mol. The molecule has 0 spiro atoms. The Morgan fingerprint density at radius 3 is 2.53 bits per heavy atom. The molecule has 1 aromatic rings. The molecule has 0 saturated heterocycles. The molecule has 0 aliphatic rings. The monoisotopic (exact) mass is 229 g/mol. The zero-order valence-corrected chi connectivity index (χ0v) is 9.54. The van der Waals surface area contributed by atoms with Crippen LogP contribution in [0, 0.1) is 0 Å². The molecular weight excluding hydrogens is 214 g/mol. The summed E-state index contributed by atoms with van der Waals surface area (Å²) >= 11 is 0. The molecule has 1 aromatic carbocycles. The van der Waals surface area contributed by atoms with Crippen LogP contribution in [0.25, 0.3) is 0 Å². The molecule has 15 heavy (non-hydrogen) atoms. The van der Waals surface area contributed by atoms with Crippen LogP contribution in [-0.4, -0.2) is 12.6 Å². The molecule has 0 fully saturated rings. The topological polar surface area (TPSA) is 53.9 Å². The number of benzene rings is 1. The highest BCUT2D eigenvalue weighted by atomic mass is 35.5. The van der Waals surface area contributed by atoms with Crippen molar-refractivity contribution in [3.8, 4) is 0 Å². The molecule has 0 heterocycles. The van der Waals surface area contributed by atoms with Crippen LogP contribution >= 0.6 is 0 Å². The van der Waals surface area contributed by atoms with Gasteiger partial charge in [0.05, 0.1) is 6.61 Å². The minimum Gasteiger partial charge on any atom is -1.00 e. The number of ether oxygens (including phenoxy) is 1. The van der Waals surface area contributed by atoms with Crippen LogP contribution in [0.5, 0.6) is 0 Å². The lowest BCUT2D eigenvalue weighted by molar-refractivity contribution is -0.414. The van der Waals surface area contributed by atoms with Crippen LogP contribution in [0.4, 0.5) is 0 Å². The van der Waals surface area contributed by atoms with Crippen molar-refractivity contribution in [2.45, 2.75) is 19.4 Å². The first-order valence-corrected chi connectivity index (χ1v) is 4.80. The van der Waals surface area contributed by atoms with Gasteiger partial charge in [0.2, 0.25) is 6.04 Å². The summed E-state index contributed by atoms with van der Waals surface area (Å²) in [5, 5.41) is 0. The van der Waals surface area contributed by atoms with Crippen LogP contribution < -0.4 is 18.1 Å². The zero-order valence-electron chi connectivity index (χ0n) is 8.78. The summed E-state index contributed by atoms with van der Waals surface area (Å²) in [5.74, 6) is -0.252. The van der Waals surface area contributed by atoms with E-state index in [1.165, 1.54) is 0 Å². The molecule has 1 atom stereocenters. The summed E-state index contributed by atoms with van der Waals surface area (Å²) in [6, 6.07) is 9.03. The van der Waals surface area contributed by atoms with E-state index in [-0.39, 0.29) is 18.4 Å².